The number of aromatic nitrogens is 2. The van der Waals surface area contributed by atoms with Crippen molar-refractivity contribution >= 4 is 43.6 Å². The number of pyridine rings is 2. The summed E-state index contributed by atoms with van der Waals surface area (Å²) in [5.41, 5.74) is 8.88. The van der Waals surface area contributed by atoms with Crippen LogP contribution in [0, 0.1) is 0 Å². The Labute approximate surface area is 361 Å². The second kappa shape index (κ2) is 19.6. The third kappa shape index (κ3) is 9.15. The Balaban J connectivity index is 0.929. The summed E-state index contributed by atoms with van der Waals surface area (Å²) in [6.07, 6.45) is 0. The minimum absolute atomic E-state index is 0.412. The number of aryl methyl sites for hydroxylation is 2. The lowest BCUT2D eigenvalue weighted by molar-refractivity contribution is -0.617. The lowest BCUT2D eigenvalue weighted by atomic mass is 9.95. The standard InChI is InChI=1S/C52H52N2O8/c1-53-47-17-13-39-33-43(47)51(37-9-5-3-6-10-37)44-34-40(14-18-48(44)53)60-30-26-56-22-24-58-28-32-62-42-16-20-50-46(36-42)52(38-11-7-4-8-12-38)45-35-41(15-19-49(45)54(50)2)61-31-27-57-23-21-55-25-29-59-39/h3-20,33-36H,21-32H2,1-2H3/q+2. The van der Waals surface area contributed by atoms with Gasteiger partial charge in [-0.2, -0.15) is 9.13 Å². The molecular weight excluding hydrogens is 781 g/mol. The van der Waals surface area contributed by atoms with Crippen LogP contribution >= 0.6 is 0 Å². The van der Waals surface area contributed by atoms with Gasteiger partial charge in [0.2, 0.25) is 22.1 Å². The summed E-state index contributed by atoms with van der Waals surface area (Å²) in [5, 5.41) is 4.35. The predicted octanol–water partition coefficient (Wildman–Crippen LogP) is 8.58. The van der Waals surface area contributed by atoms with Crippen molar-refractivity contribution in [2.75, 3.05) is 79.3 Å². The Morgan fingerprint density at radius 1 is 0.306 bits per heavy atom. The number of hydrogen-bond donors (Lipinski definition) is 0. The molecule has 0 atom stereocenters. The van der Waals surface area contributed by atoms with E-state index in [9.17, 15) is 0 Å². The zero-order valence-corrected chi connectivity index (χ0v) is 35.3. The van der Waals surface area contributed by atoms with E-state index in [1.807, 2.05) is 36.4 Å². The van der Waals surface area contributed by atoms with Crippen LogP contribution in [0.1, 0.15) is 0 Å². The van der Waals surface area contributed by atoms with Gasteiger partial charge in [0.1, 0.15) is 63.5 Å². The van der Waals surface area contributed by atoms with Gasteiger partial charge in [0.05, 0.1) is 74.4 Å². The molecule has 9 rings (SSSR count). The van der Waals surface area contributed by atoms with E-state index in [4.69, 9.17) is 37.9 Å². The third-order valence-corrected chi connectivity index (χ3v) is 11.2. The predicted molar refractivity (Wildman–Crippen MR) is 241 cm³/mol. The lowest BCUT2D eigenvalue weighted by Gasteiger charge is -2.14. The topological polar surface area (TPSA) is 81.6 Å². The maximum atomic E-state index is 6.23. The maximum Gasteiger partial charge on any atom is 0.213 e. The third-order valence-electron chi connectivity index (χ3n) is 11.2. The maximum absolute atomic E-state index is 6.23. The molecule has 1 aliphatic heterocycles. The van der Waals surface area contributed by atoms with Crippen LogP contribution in [0.25, 0.3) is 65.9 Å². The monoisotopic (exact) mass is 832 g/mol. The molecule has 62 heavy (non-hydrogen) atoms. The van der Waals surface area contributed by atoms with Crippen LogP contribution in [0.4, 0.5) is 0 Å². The summed E-state index contributed by atoms with van der Waals surface area (Å²) < 4.78 is 52.9. The van der Waals surface area contributed by atoms with Crippen LogP contribution in [0.15, 0.2) is 133 Å². The van der Waals surface area contributed by atoms with Gasteiger partial charge in [-0.3, -0.25) is 0 Å². The molecule has 0 N–H and O–H groups in total. The fourth-order valence-electron chi connectivity index (χ4n) is 8.29. The summed E-state index contributed by atoms with van der Waals surface area (Å²) in [6, 6.07) is 46.0. The minimum Gasteiger partial charge on any atom is -0.491 e. The normalized spacial score (nSPS) is 15.4. The van der Waals surface area contributed by atoms with Gasteiger partial charge >= 0.3 is 0 Å². The van der Waals surface area contributed by atoms with Crippen molar-refractivity contribution in [2.45, 2.75) is 0 Å². The van der Waals surface area contributed by atoms with Crippen molar-refractivity contribution in [3.63, 3.8) is 0 Å². The zero-order chi connectivity index (χ0) is 42.1. The number of nitrogens with zero attached hydrogens (tertiary/aromatic N) is 2. The van der Waals surface area contributed by atoms with Gasteiger partial charge < -0.3 is 37.9 Å². The molecule has 1 aliphatic rings. The number of hydrogen-bond acceptors (Lipinski definition) is 8. The zero-order valence-electron chi connectivity index (χ0n) is 35.3. The molecule has 0 saturated carbocycles. The van der Waals surface area contributed by atoms with Crippen LogP contribution in [-0.2, 0) is 33.0 Å². The molecule has 8 aromatic rings. The van der Waals surface area contributed by atoms with Gasteiger partial charge in [-0.05, 0) is 59.7 Å². The van der Waals surface area contributed by atoms with Crippen LogP contribution in [-0.4, -0.2) is 79.3 Å². The van der Waals surface area contributed by atoms with E-state index in [1.54, 1.807) is 0 Å². The fraction of sp³-hybridized carbons (Fsp3) is 0.269. The highest BCUT2D eigenvalue weighted by Crippen LogP contribution is 2.39. The molecule has 0 aliphatic carbocycles. The van der Waals surface area contributed by atoms with Crippen molar-refractivity contribution in [1.29, 1.82) is 0 Å². The first-order valence-electron chi connectivity index (χ1n) is 21.3. The molecule has 3 heterocycles. The summed E-state index contributed by atoms with van der Waals surface area (Å²) in [6.45, 7) is 5.22. The molecule has 0 unspecified atom stereocenters. The first-order chi connectivity index (χ1) is 30.6. The van der Waals surface area contributed by atoms with Gasteiger partial charge in [0.25, 0.3) is 0 Å². The van der Waals surface area contributed by atoms with Crippen molar-refractivity contribution in [3.8, 4) is 45.3 Å². The highest BCUT2D eigenvalue weighted by molar-refractivity contribution is 6.09. The average Bonchev–Trinajstić information content (AvgIpc) is 3.30. The highest BCUT2D eigenvalue weighted by Gasteiger charge is 2.22. The fourth-order valence-corrected chi connectivity index (χ4v) is 8.29. The molecule has 10 heteroatoms. The molecule has 0 saturated heterocycles. The number of ether oxygens (including phenoxy) is 8. The summed E-state index contributed by atoms with van der Waals surface area (Å²) in [4.78, 5) is 0. The van der Waals surface area contributed by atoms with Gasteiger partial charge in [0, 0.05) is 35.4 Å². The highest BCUT2D eigenvalue weighted by atomic mass is 16.6. The summed E-state index contributed by atoms with van der Waals surface area (Å²) >= 11 is 0. The number of fused-ring (bicyclic) bond motifs is 4. The minimum atomic E-state index is 0.412. The van der Waals surface area contributed by atoms with E-state index < -0.39 is 0 Å². The van der Waals surface area contributed by atoms with Crippen molar-refractivity contribution in [1.82, 2.24) is 0 Å². The lowest BCUT2D eigenvalue weighted by Crippen LogP contribution is -2.30. The first kappa shape index (κ1) is 41.1. The van der Waals surface area contributed by atoms with E-state index in [0.717, 1.165) is 88.9 Å². The van der Waals surface area contributed by atoms with E-state index in [-0.39, 0.29) is 0 Å². The SMILES string of the molecule is C[n+]1c2ccc3cc2c(-c2ccccc2)c2cc(ccc21)OCCOCCOCCOc1ccc2c(c1)c(-c1ccccc1)c1cc(ccc1[n+]2C)OCCOCCOCCO3. The molecule has 10 nitrogen and oxygen atoms in total. The number of benzene rings is 6. The summed E-state index contributed by atoms with van der Waals surface area (Å²) in [5.74, 6) is 3.11. The van der Waals surface area contributed by atoms with Crippen LogP contribution in [0.5, 0.6) is 23.0 Å². The Morgan fingerprint density at radius 2 is 0.565 bits per heavy atom. The second-order valence-corrected chi connectivity index (χ2v) is 15.2. The van der Waals surface area contributed by atoms with Gasteiger partial charge in [-0.15, -0.1) is 0 Å². The largest absolute Gasteiger partial charge is 0.491 e. The van der Waals surface area contributed by atoms with Crippen LogP contribution in [0.3, 0.4) is 0 Å². The molecular formula is C52H52N2O8+2. The van der Waals surface area contributed by atoms with Crippen molar-refractivity contribution in [2.24, 2.45) is 14.1 Å². The van der Waals surface area contributed by atoms with Crippen LogP contribution in [0.2, 0.25) is 0 Å². The van der Waals surface area contributed by atoms with Gasteiger partial charge in [-0.25, -0.2) is 0 Å². The van der Waals surface area contributed by atoms with E-state index in [0.29, 0.717) is 79.3 Å². The molecule has 2 aromatic heterocycles. The molecule has 0 spiro atoms. The quantitative estimate of drug-likeness (QED) is 0.127. The Hall–Kier alpha value is -6.30. The Kier molecular flexibility index (Phi) is 13.0. The Bertz CT molecular complexity index is 2460. The molecule has 0 amide bonds. The first-order valence-corrected chi connectivity index (χ1v) is 21.3. The smallest absolute Gasteiger partial charge is 0.213 e. The van der Waals surface area contributed by atoms with E-state index in [2.05, 4.69) is 120 Å². The van der Waals surface area contributed by atoms with E-state index >= 15 is 0 Å². The second-order valence-electron chi connectivity index (χ2n) is 15.2. The summed E-state index contributed by atoms with van der Waals surface area (Å²) in [7, 11) is 4.19. The molecule has 6 aromatic carbocycles. The van der Waals surface area contributed by atoms with E-state index in [1.165, 1.54) is 0 Å². The molecule has 0 radical (unpaired) electrons. The number of rotatable bonds is 2. The van der Waals surface area contributed by atoms with Crippen molar-refractivity contribution < 1.29 is 47.0 Å². The van der Waals surface area contributed by atoms with Gasteiger partial charge in [-0.1, -0.05) is 60.7 Å². The molecule has 0 fully saturated rings. The van der Waals surface area contributed by atoms with Crippen LogP contribution < -0.4 is 28.1 Å². The average molecular weight is 833 g/mol. The molecule has 316 valence electrons. The Morgan fingerprint density at radius 3 is 0.839 bits per heavy atom. The molecule has 8 bridgehead atoms. The van der Waals surface area contributed by atoms with Gasteiger partial charge in [0.15, 0.2) is 0 Å². The van der Waals surface area contributed by atoms with Crippen molar-refractivity contribution in [3.05, 3.63) is 133 Å².